The SMILES string of the molecule is CNC(Cc1nccnc1C)C(C)(C)C. The molecule has 15 heavy (non-hydrogen) atoms. The van der Waals surface area contributed by atoms with Crippen molar-refractivity contribution in [1.82, 2.24) is 15.3 Å². The van der Waals surface area contributed by atoms with Gasteiger partial charge < -0.3 is 5.32 Å². The summed E-state index contributed by atoms with van der Waals surface area (Å²) < 4.78 is 0. The van der Waals surface area contributed by atoms with Gasteiger partial charge >= 0.3 is 0 Å². The fourth-order valence-electron chi connectivity index (χ4n) is 1.67. The van der Waals surface area contributed by atoms with Gasteiger partial charge in [0, 0.05) is 24.9 Å². The Morgan fingerprint density at radius 3 is 2.33 bits per heavy atom. The molecule has 0 aliphatic carbocycles. The van der Waals surface area contributed by atoms with Crippen molar-refractivity contribution in [2.75, 3.05) is 7.05 Å². The molecule has 0 spiro atoms. The molecule has 1 atom stereocenters. The standard InChI is InChI=1S/C12H21N3/c1-9-10(15-7-6-14-9)8-11(13-5)12(2,3)4/h6-7,11,13H,8H2,1-5H3. The number of rotatable bonds is 3. The number of aromatic nitrogens is 2. The van der Waals surface area contributed by atoms with Gasteiger partial charge in [-0.15, -0.1) is 0 Å². The van der Waals surface area contributed by atoms with E-state index in [0.29, 0.717) is 6.04 Å². The van der Waals surface area contributed by atoms with E-state index in [4.69, 9.17) is 0 Å². The van der Waals surface area contributed by atoms with Crippen LogP contribution in [0.4, 0.5) is 0 Å². The second-order valence-electron chi connectivity index (χ2n) is 5.00. The minimum absolute atomic E-state index is 0.235. The summed E-state index contributed by atoms with van der Waals surface area (Å²) in [6.45, 7) is 8.72. The Balaban J connectivity index is 2.80. The van der Waals surface area contributed by atoms with Crippen LogP contribution in [0.2, 0.25) is 0 Å². The van der Waals surface area contributed by atoms with Gasteiger partial charge in [-0.1, -0.05) is 20.8 Å². The number of hydrogen-bond acceptors (Lipinski definition) is 3. The first-order chi connectivity index (χ1) is 6.95. The van der Waals surface area contributed by atoms with Crippen LogP contribution in [-0.4, -0.2) is 23.1 Å². The Morgan fingerprint density at radius 2 is 1.87 bits per heavy atom. The van der Waals surface area contributed by atoms with E-state index in [1.54, 1.807) is 12.4 Å². The summed E-state index contributed by atoms with van der Waals surface area (Å²) in [6.07, 6.45) is 4.43. The molecule has 3 nitrogen and oxygen atoms in total. The van der Waals surface area contributed by atoms with Gasteiger partial charge in [-0.05, 0) is 19.4 Å². The molecule has 1 unspecified atom stereocenters. The fraction of sp³-hybridized carbons (Fsp3) is 0.667. The van der Waals surface area contributed by atoms with Crippen LogP contribution < -0.4 is 5.32 Å². The van der Waals surface area contributed by atoms with Gasteiger partial charge in [0.2, 0.25) is 0 Å². The van der Waals surface area contributed by atoms with Crippen LogP contribution in [0.5, 0.6) is 0 Å². The summed E-state index contributed by atoms with van der Waals surface area (Å²) >= 11 is 0. The van der Waals surface area contributed by atoms with Gasteiger partial charge in [0.05, 0.1) is 11.4 Å². The molecule has 0 saturated heterocycles. The molecular formula is C12H21N3. The molecule has 0 amide bonds. The molecular weight excluding hydrogens is 186 g/mol. The van der Waals surface area contributed by atoms with Crippen LogP contribution in [0.1, 0.15) is 32.2 Å². The van der Waals surface area contributed by atoms with Crippen molar-refractivity contribution in [2.45, 2.75) is 40.2 Å². The predicted molar refractivity (Wildman–Crippen MR) is 62.8 cm³/mol. The highest BCUT2D eigenvalue weighted by Gasteiger charge is 2.24. The van der Waals surface area contributed by atoms with Gasteiger partial charge in [-0.3, -0.25) is 9.97 Å². The van der Waals surface area contributed by atoms with Crippen molar-refractivity contribution in [2.24, 2.45) is 5.41 Å². The molecule has 0 bridgehead atoms. The van der Waals surface area contributed by atoms with Crippen molar-refractivity contribution in [3.63, 3.8) is 0 Å². The predicted octanol–water partition coefficient (Wildman–Crippen LogP) is 1.96. The highest BCUT2D eigenvalue weighted by molar-refractivity contribution is 5.10. The first-order valence-corrected chi connectivity index (χ1v) is 5.39. The normalized spacial score (nSPS) is 13.9. The lowest BCUT2D eigenvalue weighted by Crippen LogP contribution is -2.40. The average molecular weight is 207 g/mol. The summed E-state index contributed by atoms with van der Waals surface area (Å²) in [5.74, 6) is 0. The van der Waals surface area contributed by atoms with Crippen molar-refractivity contribution in [3.05, 3.63) is 23.8 Å². The monoisotopic (exact) mass is 207 g/mol. The van der Waals surface area contributed by atoms with E-state index in [1.165, 1.54) is 0 Å². The number of likely N-dealkylation sites (N-methyl/N-ethyl adjacent to an activating group) is 1. The third-order valence-electron chi connectivity index (χ3n) is 2.77. The molecule has 84 valence electrons. The molecule has 0 aliphatic heterocycles. The second-order valence-corrected chi connectivity index (χ2v) is 5.00. The summed E-state index contributed by atoms with van der Waals surface area (Å²) in [5, 5.41) is 3.35. The molecule has 1 rings (SSSR count). The van der Waals surface area contributed by atoms with Gasteiger partial charge in [0.15, 0.2) is 0 Å². The topological polar surface area (TPSA) is 37.8 Å². The molecule has 1 N–H and O–H groups in total. The summed E-state index contributed by atoms with van der Waals surface area (Å²) in [6, 6.07) is 0.424. The summed E-state index contributed by atoms with van der Waals surface area (Å²) in [5.41, 5.74) is 2.35. The third-order valence-corrected chi connectivity index (χ3v) is 2.77. The van der Waals surface area contributed by atoms with Crippen molar-refractivity contribution < 1.29 is 0 Å². The quantitative estimate of drug-likeness (QED) is 0.823. The van der Waals surface area contributed by atoms with Crippen molar-refractivity contribution >= 4 is 0 Å². The smallest absolute Gasteiger partial charge is 0.0631 e. The van der Waals surface area contributed by atoms with Gasteiger partial charge in [0.1, 0.15) is 0 Å². The average Bonchev–Trinajstić information content (AvgIpc) is 2.14. The number of nitrogens with one attached hydrogen (secondary N) is 1. The van der Waals surface area contributed by atoms with E-state index in [2.05, 4.69) is 36.1 Å². The van der Waals surface area contributed by atoms with E-state index in [1.807, 2.05) is 14.0 Å². The minimum atomic E-state index is 0.235. The third kappa shape index (κ3) is 3.27. The van der Waals surface area contributed by atoms with E-state index < -0.39 is 0 Å². The van der Waals surface area contributed by atoms with E-state index >= 15 is 0 Å². The molecule has 1 aromatic rings. The zero-order chi connectivity index (χ0) is 11.5. The fourth-order valence-corrected chi connectivity index (χ4v) is 1.67. The number of hydrogen-bond donors (Lipinski definition) is 1. The minimum Gasteiger partial charge on any atom is -0.316 e. The molecule has 1 aromatic heterocycles. The largest absolute Gasteiger partial charge is 0.316 e. The Morgan fingerprint density at radius 1 is 1.27 bits per heavy atom. The maximum Gasteiger partial charge on any atom is 0.0631 e. The van der Waals surface area contributed by atoms with Crippen LogP contribution >= 0.6 is 0 Å². The lowest BCUT2D eigenvalue weighted by Gasteiger charge is -2.30. The first kappa shape index (κ1) is 12.1. The Labute approximate surface area is 92.3 Å². The van der Waals surface area contributed by atoms with E-state index in [9.17, 15) is 0 Å². The van der Waals surface area contributed by atoms with Crippen LogP contribution in [0, 0.1) is 12.3 Å². The summed E-state index contributed by atoms with van der Waals surface area (Å²) in [7, 11) is 2.00. The zero-order valence-corrected chi connectivity index (χ0v) is 10.3. The molecule has 0 aliphatic rings. The molecule has 0 radical (unpaired) electrons. The maximum atomic E-state index is 4.38. The van der Waals surface area contributed by atoms with Crippen molar-refractivity contribution in [3.8, 4) is 0 Å². The van der Waals surface area contributed by atoms with Crippen LogP contribution in [0.15, 0.2) is 12.4 Å². The molecule has 3 heteroatoms. The van der Waals surface area contributed by atoms with E-state index in [-0.39, 0.29) is 5.41 Å². The van der Waals surface area contributed by atoms with Gasteiger partial charge in [0.25, 0.3) is 0 Å². The van der Waals surface area contributed by atoms with Crippen LogP contribution in [0.3, 0.4) is 0 Å². The van der Waals surface area contributed by atoms with Gasteiger partial charge in [-0.2, -0.15) is 0 Å². The second kappa shape index (κ2) is 4.71. The number of aryl methyl sites for hydroxylation is 1. The Bertz CT molecular complexity index is 315. The highest BCUT2D eigenvalue weighted by atomic mass is 14.9. The lowest BCUT2D eigenvalue weighted by molar-refractivity contribution is 0.278. The first-order valence-electron chi connectivity index (χ1n) is 5.39. The van der Waals surface area contributed by atoms with Crippen LogP contribution in [-0.2, 0) is 6.42 Å². The highest BCUT2D eigenvalue weighted by Crippen LogP contribution is 2.22. The maximum absolute atomic E-state index is 4.38. The summed E-state index contributed by atoms with van der Waals surface area (Å²) in [4.78, 5) is 8.64. The zero-order valence-electron chi connectivity index (χ0n) is 10.3. The molecule has 0 saturated carbocycles. The molecule has 0 aromatic carbocycles. The number of nitrogens with zero attached hydrogens (tertiary/aromatic N) is 2. The van der Waals surface area contributed by atoms with Gasteiger partial charge in [-0.25, -0.2) is 0 Å². The van der Waals surface area contributed by atoms with E-state index in [0.717, 1.165) is 17.8 Å². The Hall–Kier alpha value is -0.960. The lowest BCUT2D eigenvalue weighted by atomic mass is 9.84. The molecule has 1 heterocycles. The Kier molecular flexibility index (Phi) is 3.80. The van der Waals surface area contributed by atoms with Crippen LogP contribution in [0.25, 0.3) is 0 Å². The molecule has 0 fully saturated rings. The van der Waals surface area contributed by atoms with Crippen molar-refractivity contribution in [1.29, 1.82) is 0 Å².